The number of piperidine rings is 1. The van der Waals surface area contributed by atoms with Gasteiger partial charge in [0.25, 0.3) is 5.91 Å². The fourth-order valence-electron chi connectivity index (χ4n) is 7.42. The van der Waals surface area contributed by atoms with Crippen molar-refractivity contribution >= 4 is 34.8 Å². The lowest BCUT2D eigenvalue weighted by Crippen LogP contribution is -2.38. The summed E-state index contributed by atoms with van der Waals surface area (Å²) in [6.45, 7) is 13.0. The van der Waals surface area contributed by atoms with Crippen LogP contribution < -0.4 is 14.5 Å². The lowest BCUT2D eigenvalue weighted by molar-refractivity contribution is 0.0768. The van der Waals surface area contributed by atoms with Crippen molar-refractivity contribution in [3.05, 3.63) is 71.2 Å². The molecule has 44 heavy (non-hydrogen) atoms. The predicted octanol–water partition coefficient (Wildman–Crippen LogP) is 6.14. The number of nitrogens with zero attached hydrogens (tertiary/aromatic N) is 5. The van der Waals surface area contributed by atoms with Crippen molar-refractivity contribution < 1.29 is 14.3 Å². The second-order valence-corrected chi connectivity index (χ2v) is 14.9. The first-order valence-corrected chi connectivity index (χ1v) is 17.0. The van der Waals surface area contributed by atoms with E-state index in [9.17, 15) is 9.59 Å². The van der Waals surface area contributed by atoms with Crippen molar-refractivity contribution in [3.8, 4) is 5.06 Å². The molecular formula is C35H43N5O3S. The van der Waals surface area contributed by atoms with Gasteiger partial charge in [-0.05, 0) is 103 Å². The van der Waals surface area contributed by atoms with Crippen LogP contribution in [0.1, 0.15) is 56.0 Å². The molecule has 4 fully saturated rings. The van der Waals surface area contributed by atoms with E-state index in [1.54, 1.807) is 4.90 Å². The van der Waals surface area contributed by atoms with Crippen molar-refractivity contribution in [2.24, 2.45) is 17.8 Å². The van der Waals surface area contributed by atoms with E-state index < -0.39 is 0 Å². The quantitative estimate of drug-likeness (QED) is 0.319. The number of benzene rings is 1. The van der Waals surface area contributed by atoms with Gasteiger partial charge in [-0.25, -0.2) is 9.78 Å². The molecule has 0 bridgehead atoms. The van der Waals surface area contributed by atoms with Gasteiger partial charge in [-0.1, -0.05) is 32.9 Å². The fourth-order valence-corrected chi connectivity index (χ4v) is 7.99. The number of carbonyl (C=O) groups is 2. The summed E-state index contributed by atoms with van der Waals surface area (Å²) in [7, 11) is 0. The normalized spacial score (nSPS) is 24.9. The minimum absolute atomic E-state index is 0.0566. The van der Waals surface area contributed by atoms with Crippen LogP contribution in [0.3, 0.4) is 0 Å². The minimum atomic E-state index is -0.380. The zero-order chi connectivity index (χ0) is 30.4. The number of amides is 2. The van der Waals surface area contributed by atoms with Crippen molar-refractivity contribution in [3.63, 3.8) is 0 Å². The summed E-state index contributed by atoms with van der Waals surface area (Å²) in [5.74, 6) is 2.18. The molecule has 3 aromatic rings. The van der Waals surface area contributed by atoms with Crippen LogP contribution in [0.4, 0.5) is 16.3 Å². The van der Waals surface area contributed by atoms with Gasteiger partial charge in [0.2, 0.25) is 0 Å². The minimum Gasteiger partial charge on any atom is -0.399 e. The SMILES string of the molecule is CC(C)(C)c1ccc(C(=O)N2CC3C(C2)C3CN(C(=O)Oc2cccs2)c2ccc(N3CCC(N4CCCC4)C3)nc2)cc1. The lowest BCUT2D eigenvalue weighted by Gasteiger charge is -2.26. The number of pyridine rings is 1. The van der Waals surface area contributed by atoms with Crippen molar-refractivity contribution in [2.45, 2.75) is 51.5 Å². The molecule has 9 heteroatoms. The highest BCUT2D eigenvalue weighted by molar-refractivity contribution is 7.11. The van der Waals surface area contributed by atoms with Gasteiger partial charge in [0.05, 0.1) is 11.9 Å². The molecule has 3 atom stereocenters. The van der Waals surface area contributed by atoms with Crippen LogP contribution in [0.15, 0.2) is 60.1 Å². The number of ether oxygens (including phenoxy) is 1. The summed E-state index contributed by atoms with van der Waals surface area (Å²) in [6, 6.07) is 16.4. The van der Waals surface area contributed by atoms with Gasteiger partial charge in [-0.3, -0.25) is 14.6 Å². The highest BCUT2D eigenvalue weighted by Gasteiger charge is 2.57. The molecule has 2 aromatic heterocycles. The predicted molar refractivity (Wildman–Crippen MR) is 175 cm³/mol. The monoisotopic (exact) mass is 613 g/mol. The molecule has 232 valence electrons. The number of thiophene rings is 1. The van der Waals surface area contributed by atoms with Crippen molar-refractivity contribution in [1.82, 2.24) is 14.8 Å². The third-order valence-corrected chi connectivity index (χ3v) is 10.9. The standard InChI is InChI=1S/C35H43N5O3S/c1-35(2,3)25-10-8-24(9-11-25)33(41)39-21-28-29(22-39)30(28)23-40(34(42)43-32-7-6-18-44-32)26-12-13-31(36-19-26)38-17-14-27(20-38)37-15-4-5-16-37/h6-13,18-19,27-30H,4-5,14-17,20-23H2,1-3H3. The summed E-state index contributed by atoms with van der Waals surface area (Å²) in [4.78, 5) is 40.3. The second-order valence-electron chi connectivity index (χ2n) is 13.9. The summed E-state index contributed by atoms with van der Waals surface area (Å²) in [5.41, 5.74) is 2.78. The van der Waals surface area contributed by atoms with E-state index >= 15 is 0 Å². The topological polar surface area (TPSA) is 69.2 Å². The number of rotatable bonds is 7. The molecule has 8 nitrogen and oxygen atoms in total. The molecule has 3 aliphatic heterocycles. The van der Waals surface area contributed by atoms with Crippen LogP contribution in [-0.2, 0) is 5.41 Å². The summed E-state index contributed by atoms with van der Waals surface area (Å²) < 4.78 is 5.77. The lowest BCUT2D eigenvalue weighted by atomic mass is 9.86. The van der Waals surface area contributed by atoms with Crippen LogP contribution in [0.2, 0.25) is 0 Å². The van der Waals surface area contributed by atoms with E-state index in [0.29, 0.717) is 35.4 Å². The maximum Gasteiger partial charge on any atom is 0.420 e. The Balaban J connectivity index is 1.00. The second kappa shape index (κ2) is 11.8. The van der Waals surface area contributed by atoms with Crippen LogP contribution in [-0.4, -0.2) is 78.6 Å². The summed E-state index contributed by atoms with van der Waals surface area (Å²) in [6.07, 6.45) is 5.24. The number of hydrogen-bond donors (Lipinski definition) is 0. The van der Waals surface area contributed by atoms with E-state index in [-0.39, 0.29) is 17.4 Å². The molecule has 2 amide bonds. The average molecular weight is 614 g/mol. The number of anilines is 2. The van der Waals surface area contributed by atoms with E-state index in [1.807, 2.05) is 52.9 Å². The van der Waals surface area contributed by atoms with E-state index in [4.69, 9.17) is 9.72 Å². The molecule has 7 rings (SSSR count). The molecule has 0 radical (unpaired) electrons. The Morgan fingerprint density at radius 3 is 2.36 bits per heavy atom. The zero-order valence-electron chi connectivity index (χ0n) is 26.0. The van der Waals surface area contributed by atoms with Gasteiger partial charge in [-0.15, -0.1) is 11.3 Å². The Kier molecular flexibility index (Phi) is 7.87. The van der Waals surface area contributed by atoms with Gasteiger partial charge in [0.1, 0.15) is 5.82 Å². The molecule has 0 N–H and O–H groups in total. The Morgan fingerprint density at radius 2 is 1.73 bits per heavy atom. The van der Waals surface area contributed by atoms with Crippen LogP contribution in [0.25, 0.3) is 0 Å². The Labute approximate surface area is 264 Å². The van der Waals surface area contributed by atoms with E-state index in [1.165, 1.54) is 49.3 Å². The molecular weight excluding hydrogens is 570 g/mol. The number of carbonyl (C=O) groups excluding carboxylic acids is 2. The Morgan fingerprint density at radius 1 is 0.977 bits per heavy atom. The smallest absolute Gasteiger partial charge is 0.399 e. The summed E-state index contributed by atoms with van der Waals surface area (Å²) in [5, 5.41) is 2.49. The highest BCUT2D eigenvalue weighted by Crippen LogP contribution is 2.52. The molecule has 3 saturated heterocycles. The number of aromatic nitrogens is 1. The average Bonchev–Trinajstić information content (AvgIpc) is 3.71. The number of fused-ring (bicyclic) bond motifs is 1. The maximum atomic E-state index is 13.5. The van der Waals surface area contributed by atoms with Gasteiger partial charge < -0.3 is 14.5 Å². The Bertz CT molecular complexity index is 1450. The van der Waals surface area contributed by atoms with Crippen LogP contribution in [0, 0.1) is 17.8 Å². The molecule has 1 saturated carbocycles. The molecule has 1 aliphatic carbocycles. The molecule has 4 aliphatic rings. The third-order valence-electron chi connectivity index (χ3n) is 10.1. The molecule has 0 spiro atoms. The van der Waals surface area contributed by atoms with Crippen molar-refractivity contribution in [2.75, 3.05) is 55.6 Å². The van der Waals surface area contributed by atoms with E-state index in [0.717, 1.165) is 43.2 Å². The Hall–Kier alpha value is -3.43. The first-order chi connectivity index (χ1) is 21.2. The van der Waals surface area contributed by atoms with Gasteiger partial charge in [0.15, 0.2) is 5.06 Å². The van der Waals surface area contributed by atoms with Crippen LogP contribution >= 0.6 is 11.3 Å². The first-order valence-electron chi connectivity index (χ1n) is 16.1. The fraction of sp³-hybridized carbons (Fsp3) is 0.514. The first kappa shape index (κ1) is 29.3. The van der Waals surface area contributed by atoms with E-state index in [2.05, 4.69) is 42.7 Å². The molecule has 1 aromatic carbocycles. The zero-order valence-corrected chi connectivity index (χ0v) is 26.8. The van der Waals surface area contributed by atoms with Crippen molar-refractivity contribution in [1.29, 1.82) is 0 Å². The number of hydrogen-bond acceptors (Lipinski definition) is 7. The largest absolute Gasteiger partial charge is 0.420 e. The molecule has 5 heterocycles. The molecule has 3 unspecified atom stereocenters. The third kappa shape index (κ3) is 5.96. The number of likely N-dealkylation sites (tertiary alicyclic amines) is 2. The maximum absolute atomic E-state index is 13.5. The van der Waals surface area contributed by atoms with Gasteiger partial charge in [-0.2, -0.15) is 0 Å². The van der Waals surface area contributed by atoms with Gasteiger partial charge in [0, 0.05) is 44.3 Å². The van der Waals surface area contributed by atoms with Gasteiger partial charge >= 0.3 is 6.09 Å². The highest BCUT2D eigenvalue weighted by atomic mass is 32.1. The van der Waals surface area contributed by atoms with Crippen LogP contribution in [0.5, 0.6) is 5.06 Å². The summed E-state index contributed by atoms with van der Waals surface area (Å²) >= 11 is 1.41.